The van der Waals surface area contributed by atoms with Crippen LogP contribution in [0.25, 0.3) is 0 Å². The van der Waals surface area contributed by atoms with E-state index in [-0.39, 0.29) is 5.97 Å². The number of hydrogen-bond donors (Lipinski definition) is 0. The summed E-state index contributed by atoms with van der Waals surface area (Å²) in [4.78, 5) is 11.4. The standard InChI is InChI=1S/C11H13NO2/c1-8-9(7-12)11(14-10(8)13)5-3-2-4-6-11/h2-6H2,1H3. The van der Waals surface area contributed by atoms with Crippen LogP contribution in [0.2, 0.25) is 0 Å². The molecule has 0 saturated heterocycles. The molecular weight excluding hydrogens is 178 g/mol. The van der Waals surface area contributed by atoms with Gasteiger partial charge in [0.1, 0.15) is 5.60 Å². The first kappa shape index (κ1) is 9.26. The van der Waals surface area contributed by atoms with Crippen LogP contribution >= 0.6 is 0 Å². The molecule has 0 bridgehead atoms. The number of ether oxygens (including phenoxy) is 1. The Hall–Kier alpha value is -1.30. The summed E-state index contributed by atoms with van der Waals surface area (Å²) in [5.74, 6) is -0.302. The van der Waals surface area contributed by atoms with Crippen LogP contribution in [0.4, 0.5) is 0 Å². The number of carbonyl (C=O) groups is 1. The van der Waals surface area contributed by atoms with E-state index in [0.29, 0.717) is 11.1 Å². The van der Waals surface area contributed by atoms with Crippen LogP contribution in [0, 0.1) is 11.3 Å². The van der Waals surface area contributed by atoms with E-state index in [1.165, 1.54) is 6.42 Å². The first-order valence-corrected chi connectivity index (χ1v) is 5.04. The quantitative estimate of drug-likeness (QED) is 0.551. The summed E-state index contributed by atoms with van der Waals surface area (Å²) in [5, 5.41) is 9.03. The Bertz CT molecular complexity index is 343. The van der Waals surface area contributed by atoms with Crippen molar-refractivity contribution < 1.29 is 9.53 Å². The lowest BCUT2D eigenvalue weighted by molar-refractivity contribution is -0.148. The van der Waals surface area contributed by atoms with Crippen LogP contribution in [0.3, 0.4) is 0 Å². The normalized spacial score (nSPS) is 25.0. The molecule has 1 spiro atoms. The maximum atomic E-state index is 11.4. The fraction of sp³-hybridized carbons (Fsp3) is 0.636. The minimum Gasteiger partial charge on any atom is -0.450 e. The van der Waals surface area contributed by atoms with Crippen molar-refractivity contribution in [3.8, 4) is 6.07 Å². The monoisotopic (exact) mass is 191 g/mol. The molecule has 0 aromatic heterocycles. The van der Waals surface area contributed by atoms with Crippen LogP contribution < -0.4 is 0 Å². The van der Waals surface area contributed by atoms with E-state index < -0.39 is 5.60 Å². The van der Waals surface area contributed by atoms with Gasteiger partial charge < -0.3 is 4.74 Å². The topological polar surface area (TPSA) is 50.1 Å². The van der Waals surface area contributed by atoms with Crippen molar-refractivity contribution in [2.24, 2.45) is 0 Å². The van der Waals surface area contributed by atoms with Gasteiger partial charge in [-0.1, -0.05) is 6.42 Å². The second-order valence-electron chi connectivity index (χ2n) is 4.06. The summed E-state index contributed by atoms with van der Waals surface area (Å²) in [6.45, 7) is 1.68. The van der Waals surface area contributed by atoms with Gasteiger partial charge in [0.15, 0.2) is 0 Å². The smallest absolute Gasteiger partial charge is 0.335 e. The van der Waals surface area contributed by atoms with Crippen molar-refractivity contribution in [2.75, 3.05) is 0 Å². The van der Waals surface area contributed by atoms with Gasteiger partial charge in [0.05, 0.1) is 17.2 Å². The van der Waals surface area contributed by atoms with E-state index in [4.69, 9.17) is 10.00 Å². The Labute approximate surface area is 83.4 Å². The van der Waals surface area contributed by atoms with Crippen LogP contribution in [-0.4, -0.2) is 11.6 Å². The largest absolute Gasteiger partial charge is 0.450 e. The number of rotatable bonds is 0. The molecule has 14 heavy (non-hydrogen) atoms. The Balaban J connectivity index is 2.38. The lowest BCUT2D eigenvalue weighted by Gasteiger charge is -2.32. The molecule has 1 saturated carbocycles. The number of esters is 1. The van der Waals surface area contributed by atoms with Gasteiger partial charge in [-0.25, -0.2) is 4.79 Å². The summed E-state index contributed by atoms with van der Waals surface area (Å²) in [6.07, 6.45) is 4.91. The molecule has 0 radical (unpaired) electrons. The molecule has 2 aliphatic rings. The first-order chi connectivity index (χ1) is 6.69. The third kappa shape index (κ3) is 1.14. The number of nitrogens with zero attached hydrogens (tertiary/aromatic N) is 1. The first-order valence-electron chi connectivity index (χ1n) is 5.04. The maximum absolute atomic E-state index is 11.4. The van der Waals surface area contributed by atoms with Crippen molar-refractivity contribution >= 4 is 5.97 Å². The third-order valence-electron chi connectivity index (χ3n) is 3.20. The van der Waals surface area contributed by atoms with E-state index >= 15 is 0 Å². The second kappa shape index (κ2) is 3.13. The fourth-order valence-corrected chi connectivity index (χ4v) is 2.41. The van der Waals surface area contributed by atoms with Crippen LogP contribution in [0.1, 0.15) is 39.0 Å². The minimum atomic E-state index is -0.547. The molecule has 1 heterocycles. The Morgan fingerprint density at radius 3 is 2.57 bits per heavy atom. The molecule has 1 aliphatic carbocycles. The molecule has 74 valence electrons. The lowest BCUT2D eigenvalue weighted by atomic mass is 9.79. The zero-order chi connectivity index (χ0) is 10.2. The summed E-state index contributed by atoms with van der Waals surface area (Å²) in [6, 6.07) is 2.14. The highest BCUT2D eigenvalue weighted by Crippen LogP contribution is 2.43. The van der Waals surface area contributed by atoms with Gasteiger partial charge in [-0.2, -0.15) is 5.26 Å². The second-order valence-corrected chi connectivity index (χ2v) is 4.06. The molecule has 1 aliphatic heterocycles. The van der Waals surface area contributed by atoms with E-state index in [1.54, 1.807) is 6.92 Å². The van der Waals surface area contributed by atoms with Gasteiger partial charge in [0, 0.05) is 0 Å². The average Bonchev–Trinajstić information content (AvgIpc) is 2.40. The lowest BCUT2D eigenvalue weighted by Crippen LogP contribution is -2.34. The van der Waals surface area contributed by atoms with E-state index in [9.17, 15) is 4.79 Å². The van der Waals surface area contributed by atoms with Gasteiger partial charge in [-0.3, -0.25) is 0 Å². The van der Waals surface area contributed by atoms with Crippen molar-refractivity contribution in [3.63, 3.8) is 0 Å². The molecular formula is C11H13NO2. The van der Waals surface area contributed by atoms with Crippen molar-refractivity contribution in [3.05, 3.63) is 11.1 Å². The Morgan fingerprint density at radius 2 is 2.00 bits per heavy atom. The van der Waals surface area contributed by atoms with Crippen LogP contribution in [-0.2, 0) is 9.53 Å². The minimum absolute atomic E-state index is 0.302. The Morgan fingerprint density at radius 1 is 1.36 bits per heavy atom. The summed E-state index contributed by atoms with van der Waals surface area (Å²) in [5.41, 5.74) is 0.533. The molecule has 0 atom stereocenters. The summed E-state index contributed by atoms with van der Waals surface area (Å²) < 4.78 is 5.37. The highest BCUT2D eigenvalue weighted by atomic mass is 16.6. The van der Waals surface area contributed by atoms with E-state index in [0.717, 1.165) is 25.7 Å². The average molecular weight is 191 g/mol. The van der Waals surface area contributed by atoms with Crippen molar-refractivity contribution in [1.29, 1.82) is 5.26 Å². The van der Waals surface area contributed by atoms with Crippen molar-refractivity contribution in [2.45, 2.75) is 44.6 Å². The van der Waals surface area contributed by atoms with Gasteiger partial charge >= 0.3 is 5.97 Å². The Kier molecular flexibility index (Phi) is 2.07. The predicted molar refractivity (Wildman–Crippen MR) is 50.2 cm³/mol. The maximum Gasteiger partial charge on any atom is 0.335 e. The van der Waals surface area contributed by atoms with E-state index in [2.05, 4.69) is 6.07 Å². The third-order valence-corrected chi connectivity index (χ3v) is 3.20. The predicted octanol–water partition coefficient (Wildman–Crippen LogP) is 2.09. The SMILES string of the molecule is CC1=C(C#N)C2(CCCCC2)OC1=O. The highest BCUT2D eigenvalue weighted by molar-refractivity contribution is 5.93. The van der Waals surface area contributed by atoms with Gasteiger partial charge in [0.25, 0.3) is 0 Å². The number of hydrogen-bond acceptors (Lipinski definition) is 3. The summed E-state index contributed by atoms with van der Waals surface area (Å²) in [7, 11) is 0. The number of nitriles is 1. The fourth-order valence-electron chi connectivity index (χ4n) is 2.41. The van der Waals surface area contributed by atoms with Gasteiger partial charge in [-0.15, -0.1) is 0 Å². The molecule has 0 aromatic carbocycles. The molecule has 0 amide bonds. The zero-order valence-electron chi connectivity index (χ0n) is 8.30. The molecule has 2 rings (SSSR count). The molecule has 0 unspecified atom stereocenters. The molecule has 0 aromatic rings. The van der Waals surface area contributed by atoms with E-state index in [1.807, 2.05) is 0 Å². The zero-order valence-corrected chi connectivity index (χ0v) is 8.30. The molecule has 3 nitrogen and oxygen atoms in total. The van der Waals surface area contributed by atoms with Gasteiger partial charge in [-0.05, 0) is 32.6 Å². The summed E-state index contributed by atoms with van der Waals surface area (Å²) >= 11 is 0. The molecule has 0 N–H and O–H groups in total. The van der Waals surface area contributed by atoms with Gasteiger partial charge in [0.2, 0.25) is 0 Å². The number of carbonyl (C=O) groups excluding carboxylic acids is 1. The highest BCUT2D eigenvalue weighted by Gasteiger charge is 2.46. The van der Waals surface area contributed by atoms with Crippen molar-refractivity contribution in [1.82, 2.24) is 0 Å². The molecule has 1 fully saturated rings. The van der Waals surface area contributed by atoms with Crippen LogP contribution in [0.15, 0.2) is 11.1 Å². The van der Waals surface area contributed by atoms with Crippen LogP contribution in [0.5, 0.6) is 0 Å². The molecule has 3 heteroatoms.